The molecule has 1 aromatic heterocycles. The number of hydrogen-bond acceptors (Lipinski definition) is 5. The lowest BCUT2D eigenvalue weighted by atomic mass is 10.1. The van der Waals surface area contributed by atoms with Crippen LogP contribution in [0.15, 0.2) is 6.07 Å². The number of aromatic nitrogens is 2. The van der Waals surface area contributed by atoms with Gasteiger partial charge in [-0.15, -0.1) is 0 Å². The van der Waals surface area contributed by atoms with Crippen LogP contribution < -0.4 is 10.6 Å². The van der Waals surface area contributed by atoms with Crippen molar-refractivity contribution in [2.24, 2.45) is 5.92 Å². The van der Waals surface area contributed by atoms with Crippen molar-refractivity contribution in [3.05, 3.63) is 11.8 Å². The molecule has 0 radical (unpaired) electrons. The second kappa shape index (κ2) is 5.43. The van der Waals surface area contributed by atoms with E-state index in [9.17, 15) is 13.2 Å². The van der Waals surface area contributed by atoms with Gasteiger partial charge < -0.3 is 15.5 Å². The molecular formula is C12H18F3N5. The van der Waals surface area contributed by atoms with Crippen LogP contribution in [0, 0.1) is 5.92 Å². The topological polar surface area (TPSA) is 58.3 Å². The Morgan fingerprint density at radius 1 is 1.45 bits per heavy atom. The molecule has 1 saturated heterocycles. The van der Waals surface area contributed by atoms with Gasteiger partial charge in [0.25, 0.3) is 0 Å². The average molecular weight is 289 g/mol. The van der Waals surface area contributed by atoms with Gasteiger partial charge in [-0.05, 0) is 25.9 Å². The molecule has 2 heterocycles. The zero-order chi connectivity index (χ0) is 14.9. The average Bonchev–Trinajstić information content (AvgIpc) is 2.72. The minimum absolute atomic E-state index is 0.208. The Bertz CT molecular complexity index is 477. The van der Waals surface area contributed by atoms with Gasteiger partial charge in [0, 0.05) is 26.2 Å². The largest absolute Gasteiger partial charge is 0.433 e. The van der Waals surface area contributed by atoms with Gasteiger partial charge in [0.1, 0.15) is 5.82 Å². The Hall–Kier alpha value is -1.57. The Kier molecular flexibility index (Phi) is 4.03. The Morgan fingerprint density at radius 3 is 2.70 bits per heavy atom. The highest BCUT2D eigenvalue weighted by atomic mass is 19.4. The smallest absolute Gasteiger partial charge is 0.368 e. The first-order valence-electron chi connectivity index (χ1n) is 6.37. The van der Waals surface area contributed by atoms with Crippen molar-refractivity contribution in [1.82, 2.24) is 14.9 Å². The highest BCUT2D eigenvalue weighted by Crippen LogP contribution is 2.30. The molecule has 20 heavy (non-hydrogen) atoms. The van der Waals surface area contributed by atoms with Crippen molar-refractivity contribution in [1.29, 1.82) is 0 Å². The lowest BCUT2D eigenvalue weighted by molar-refractivity contribution is -0.141. The summed E-state index contributed by atoms with van der Waals surface area (Å²) in [6.45, 7) is 2.60. The number of nitrogens with two attached hydrogens (primary N) is 1. The second-order valence-corrected chi connectivity index (χ2v) is 5.26. The first-order chi connectivity index (χ1) is 9.25. The van der Waals surface area contributed by atoms with Gasteiger partial charge in [0.15, 0.2) is 5.69 Å². The van der Waals surface area contributed by atoms with Gasteiger partial charge in [0.2, 0.25) is 5.95 Å². The third-order valence-electron chi connectivity index (χ3n) is 3.43. The molecule has 2 rings (SSSR count). The van der Waals surface area contributed by atoms with E-state index in [1.54, 1.807) is 11.9 Å². The van der Waals surface area contributed by atoms with Crippen molar-refractivity contribution in [3.63, 3.8) is 0 Å². The molecule has 8 heteroatoms. The predicted octanol–water partition coefficient (Wildman–Crippen LogP) is 1.47. The minimum Gasteiger partial charge on any atom is -0.368 e. The minimum atomic E-state index is -4.51. The number of nitrogen functional groups attached to an aromatic ring is 1. The molecule has 5 nitrogen and oxygen atoms in total. The molecule has 112 valence electrons. The van der Waals surface area contributed by atoms with E-state index in [0.717, 1.165) is 25.6 Å². The van der Waals surface area contributed by atoms with Crippen molar-refractivity contribution in [3.8, 4) is 0 Å². The third kappa shape index (κ3) is 3.50. The van der Waals surface area contributed by atoms with Gasteiger partial charge in [-0.1, -0.05) is 0 Å². The monoisotopic (exact) mass is 289 g/mol. The number of halogens is 3. The van der Waals surface area contributed by atoms with Crippen LogP contribution in [0.3, 0.4) is 0 Å². The molecule has 1 aliphatic rings. The Balaban J connectivity index is 2.13. The van der Waals surface area contributed by atoms with Crippen LogP contribution in [0.25, 0.3) is 0 Å². The second-order valence-electron chi connectivity index (χ2n) is 5.26. The number of nitrogens with zero attached hydrogens (tertiary/aromatic N) is 4. The van der Waals surface area contributed by atoms with Gasteiger partial charge in [-0.2, -0.15) is 18.2 Å². The summed E-state index contributed by atoms with van der Waals surface area (Å²) in [4.78, 5) is 11.0. The van der Waals surface area contributed by atoms with Crippen LogP contribution in [0.2, 0.25) is 0 Å². The summed E-state index contributed by atoms with van der Waals surface area (Å²) in [5.41, 5.74) is 4.36. The fraction of sp³-hybridized carbons (Fsp3) is 0.667. The van der Waals surface area contributed by atoms with Crippen molar-refractivity contribution in [2.75, 3.05) is 44.4 Å². The molecule has 1 fully saturated rings. The van der Waals surface area contributed by atoms with Gasteiger partial charge in [0.05, 0.1) is 0 Å². The highest BCUT2D eigenvalue weighted by Gasteiger charge is 2.34. The molecule has 0 spiro atoms. The van der Waals surface area contributed by atoms with Crippen LogP contribution in [0.1, 0.15) is 12.1 Å². The zero-order valence-corrected chi connectivity index (χ0v) is 11.5. The van der Waals surface area contributed by atoms with Crippen LogP contribution in [0.5, 0.6) is 0 Å². The van der Waals surface area contributed by atoms with E-state index >= 15 is 0 Å². The van der Waals surface area contributed by atoms with Crippen LogP contribution in [-0.4, -0.2) is 48.6 Å². The molecule has 2 N–H and O–H groups in total. The molecule has 0 bridgehead atoms. The number of hydrogen-bond donors (Lipinski definition) is 1. The van der Waals surface area contributed by atoms with Crippen molar-refractivity contribution < 1.29 is 13.2 Å². The SMILES string of the molecule is CN1CCC(CN(C)c2cc(C(F)(F)F)nc(N)n2)C1. The molecule has 0 amide bonds. The maximum Gasteiger partial charge on any atom is 0.433 e. The maximum atomic E-state index is 12.7. The van der Waals surface area contributed by atoms with E-state index in [0.29, 0.717) is 12.5 Å². The first kappa shape index (κ1) is 14.8. The normalized spacial score (nSPS) is 20.4. The molecule has 1 aliphatic heterocycles. The number of alkyl halides is 3. The fourth-order valence-electron chi connectivity index (χ4n) is 2.45. The Morgan fingerprint density at radius 2 is 2.15 bits per heavy atom. The maximum absolute atomic E-state index is 12.7. The van der Waals surface area contributed by atoms with Gasteiger partial charge >= 0.3 is 6.18 Å². The summed E-state index contributed by atoms with van der Waals surface area (Å²) in [7, 11) is 3.75. The first-order valence-corrected chi connectivity index (χ1v) is 6.37. The quantitative estimate of drug-likeness (QED) is 0.913. The summed E-state index contributed by atoms with van der Waals surface area (Å²) < 4.78 is 38.1. The summed E-state index contributed by atoms with van der Waals surface area (Å²) in [6.07, 6.45) is -3.48. The van der Waals surface area contributed by atoms with Gasteiger partial charge in [-0.25, -0.2) is 4.98 Å². The molecular weight excluding hydrogens is 271 g/mol. The van der Waals surface area contributed by atoms with Crippen LogP contribution in [-0.2, 0) is 6.18 Å². The third-order valence-corrected chi connectivity index (χ3v) is 3.43. The van der Waals surface area contributed by atoms with Crippen LogP contribution >= 0.6 is 0 Å². The lowest BCUT2D eigenvalue weighted by Gasteiger charge is -2.23. The van der Waals surface area contributed by atoms with E-state index in [1.165, 1.54) is 0 Å². The van der Waals surface area contributed by atoms with E-state index in [-0.39, 0.29) is 11.8 Å². The van der Waals surface area contributed by atoms with E-state index < -0.39 is 11.9 Å². The zero-order valence-electron chi connectivity index (χ0n) is 11.5. The predicted molar refractivity (Wildman–Crippen MR) is 70.3 cm³/mol. The Labute approximate surface area is 115 Å². The van der Waals surface area contributed by atoms with Gasteiger partial charge in [-0.3, -0.25) is 0 Å². The number of rotatable bonds is 3. The standard InChI is InChI=1S/C12H18F3N5/c1-19-4-3-8(6-19)7-20(2)10-5-9(12(13,14)15)17-11(16)18-10/h5,8H,3-4,6-7H2,1-2H3,(H2,16,17,18). The number of anilines is 2. The molecule has 0 aliphatic carbocycles. The molecule has 1 unspecified atom stereocenters. The van der Waals surface area contributed by atoms with E-state index in [2.05, 4.69) is 14.9 Å². The molecule has 1 aromatic rings. The molecule has 0 saturated carbocycles. The number of likely N-dealkylation sites (tertiary alicyclic amines) is 1. The van der Waals surface area contributed by atoms with Crippen molar-refractivity contribution in [2.45, 2.75) is 12.6 Å². The summed E-state index contributed by atoms with van der Waals surface area (Å²) >= 11 is 0. The van der Waals surface area contributed by atoms with E-state index in [4.69, 9.17) is 5.73 Å². The van der Waals surface area contributed by atoms with Crippen molar-refractivity contribution >= 4 is 11.8 Å². The highest BCUT2D eigenvalue weighted by molar-refractivity contribution is 5.43. The van der Waals surface area contributed by atoms with Crippen LogP contribution in [0.4, 0.5) is 24.9 Å². The molecule has 1 atom stereocenters. The van der Waals surface area contributed by atoms with E-state index in [1.807, 2.05) is 7.05 Å². The lowest BCUT2D eigenvalue weighted by Crippen LogP contribution is -2.28. The summed E-state index contributed by atoms with van der Waals surface area (Å²) in [5.74, 6) is 0.278. The summed E-state index contributed by atoms with van der Waals surface area (Å²) in [6, 6.07) is 0.940. The molecule has 0 aromatic carbocycles. The summed E-state index contributed by atoms with van der Waals surface area (Å²) in [5, 5.41) is 0. The fourth-order valence-corrected chi connectivity index (χ4v) is 2.45.